The van der Waals surface area contributed by atoms with Crippen molar-refractivity contribution in [2.45, 2.75) is 19.3 Å². The van der Waals surface area contributed by atoms with Crippen molar-refractivity contribution in [3.8, 4) is 0 Å². The molecule has 0 unspecified atom stereocenters. The van der Waals surface area contributed by atoms with Crippen LogP contribution in [0.2, 0.25) is 0 Å². The molecule has 1 saturated heterocycles. The molecule has 0 saturated carbocycles. The van der Waals surface area contributed by atoms with Crippen LogP contribution in [0.3, 0.4) is 0 Å². The Morgan fingerprint density at radius 2 is 2.00 bits per heavy atom. The third-order valence-electron chi connectivity index (χ3n) is 2.73. The maximum Gasteiger partial charge on any atom is 0.304 e. The molecule has 0 aromatic rings. The first kappa shape index (κ1) is 15.0. The van der Waals surface area contributed by atoms with E-state index >= 15 is 0 Å². The summed E-state index contributed by atoms with van der Waals surface area (Å²) in [7, 11) is 2.97. The van der Waals surface area contributed by atoms with E-state index < -0.39 is 5.97 Å². The summed E-state index contributed by atoms with van der Waals surface area (Å²) in [6, 6.07) is 0. The van der Waals surface area contributed by atoms with Gasteiger partial charge in [-0.05, 0) is 12.2 Å². The molecule has 2 aliphatic rings. The van der Waals surface area contributed by atoms with E-state index in [1.54, 1.807) is 11.2 Å². The van der Waals surface area contributed by atoms with E-state index in [0.29, 0.717) is 12.3 Å². The van der Waals surface area contributed by atoms with E-state index in [4.69, 9.17) is 5.11 Å². The number of hydrazine groups is 1. The Kier molecular flexibility index (Phi) is 5.13. The lowest BCUT2D eigenvalue weighted by Gasteiger charge is -2.29. The molecule has 0 aromatic carbocycles. The van der Waals surface area contributed by atoms with Gasteiger partial charge in [0, 0.05) is 29.7 Å². The normalized spacial score (nSPS) is 18.7. The van der Waals surface area contributed by atoms with Crippen LogP contribution in [-0.4, -0.2) is 45.2 Å². The molecule has 0 radical (unpaired) electrons. The fourth-order valence-electron chi connectivity index (χ4n) is 1.77. The second-order valence-electron chi connectivity index (χ2n) is 4.19. The monoisotopic (exact) mass is 314 g/mol. The van der Waals surface area contributed by atoms with Crippen LogP contribution in [0.5, 0.6) is 0 Å². The van der Waals surface area contributed by atoms with Gasteiger partial charge in [-0.3, -0.25) is 19.4 Å². The molecule has 6 nitrogen and oxygen atoms in total. The van der Waals surface area contributed by atoms with Crippen molar-refractivity contribution in [2.75, 3.05) is 12.3 Å². The number of hydrogen-bond acceptors (Lipinski definition) is 6. The lowest BCUT2D eigenvalue weighted by molar-refractivity contribution is -0.152. The molecule has 0 aliphatic carbocycles. The second kappa shape index (κ2) is 6.85. The molecule has 1 fully saturated rings. The Hall–Kier alpha value is -1.41. The van der Waals surface area contributed by atoms with Crippen LogP contribution in [0.1, 0.15) is 19.3 Å². The quantitative estimate of drug-likeness (QED) is 0.453. The van der Waals surface area contributed by atoms with Gasteiger partial charge < -0.3 is 5.11 Å². The zero-order chi connectivity index (χ0) is 14.5. The topological polar surface area (TPSA) is 77.9 Å². The van der Waals surface area contributed by atoms with Gasteiger partial charge in [0.1, 0.15) is 0 Å². The maximum absolute atomic E-state index is 11.6. The maximum atomic E-state index is 11.6. The number of carboxylic acids is 1. The fourth-order valence-corrected chi connectivity index (χ4v) is 3.79. The predicted molar refractivity (Wildman–Crippen MR) is 77.3 cm³/mol. The van der Waals surface area contributed by atoms with E-state index in [0.717, 1.165) is 4.91 Å². The van der Waals surface area contributed by atoms with Crippen LogP contribution in [-0.2, 0) is 14.4 Å². The van der Waals surface area contributed by atoms with Crippen molar-refractivity contribution >= 4 is 39.4 Å². The highest BCUT2D eigenvalue weighted by molar-refractivity contribution is 8.78. The van der Waals surface area contributed by atoms with E-state index in [2.05, 4.69) is 0 Å². The van der Waals surface area contributed by atoms with Crippen molar-refractivity contribution in [1.82, 2.24) is 10.0 Å². The average molecular weight is 314 g/mol. The molecule has 2 amide bonds. The Labute approximate surface area is 124 Å². The zero-order valence-electron chi connectivity index (χ0n) is 10.7. The van der Waals surface area contributed by atoms with E-state index in [1.165, 1.54) is 26.6 Å². The smallest absolute Gasteiger partial charge is 0.304 e. The number of carbonyl (C=O) groups is 3. The van der Waals surface area contributed by atoms with Gasteiger partial charge in [-0.2, -0.15) is 5.01 Å². The third-order valence-corrected chi connectivity index (χ3v) is 5.14. The van der Waals surface area contributed by atoms with Crippen LogP contribution in [0.4, 0.5) is 0 Å². The molecule has 1 N–H and O–H groups in total. The van der Waals surface area contributed by atoms with Crippen molar-refractivity contribution in [3.63, 3.8) is 0 Å². The molecular weight excluding hydrogens is 300 g/mol. The standard InChI is InChI=1S/C12H14N2O4S2/c15-10-1-2-11(16)14(10)13-6-3-9(4-7-13)20-19-8-5-12(17)18/h3-4,6H,1-2,5,7-8H2,(H,17,18). The fraction of sp³-hybridized carbons (Fsp3) is 0.417. The van der Waals surface area contributed by atoms with Crippen LogP contribution in [0, 0.1) is 0 Å². The van der Waals surface area contributed by atoms with Crippen LogP contribution in [0.25, 0.3) is 0 Å². The second-order valence-corrected chi connectivity index (χ2v) is 6.68. The lowest BCUT2D eigenvalue weighted by atomic mass is 10.4. The largest absolute Gasteiger partial charge is 0.481 e. The minimum atomic E-state index is -0.802. The van der Waals surface area contributed by atoms with Gasteiger partial charge >= 0.3 is 5.97 Å². The number of amides is 2. The molecule has 0 spiro atoms. The van der Waals surface area contributed by atoms with Crippen molar-refractivity contribution in [2.24, 2.45) is 0 Å². The number of carboxylic acid groups (broad SMARTS) is 1. The summed E-state index contributed by atoms with van der Waals surface area (Å²) in [4.78, 5) is 34.5. The highest BCUT2D eigenvalue weighted by atomic mass is 33.1. The summed E-state index contributed by atoms with van der Waals surface area (Å²) in [6.45, 7) is 0.468. The molecule has 20 heavy (non-hydrogen) atoms. The Balaban J connectivity index is 1.79. The zero-order valence-corrected chi connectivity index (χ0v) is 12.3. The van der Waals surface area contributed by atoms with Crippen LogP contribution < -0.4 is 0 Å². The molecule has 0 bridgehead atoms. The summed E-state index contributed by atoms with van der Waals surface area (Å²) < 4.78 is 0. The summed E-state index contributed by atoms with van der Waals surface area (Å²) >= 11 is 0. The molecule has 0 aromatic heterocycles. The number of carbonyl (C=O) groups excluding carboxylic acids is 2. The Morgan fingerprint density at radius 3 is 2.55 bits per heavy atom. The number of nitrogens with zero attached hydrogens (tertiary/aromatic N) is 2. The molecular formula is C12H14N2O4S2. The van der Waals surface area contributed by atoms with E-state index in [1.807, 2.05) is 12.2 Å². The van der Waals surface area contributed by atoms with Gasteiger partial charge in [0.25, 0.3) is 0 Å². The van der Waals surface area contributed by atoms with Gasteiger partial charge in [0.15, 0.2) is 0 Å². The summed E-state index contributed by atoms with van der Waals surface area (Å²) in [5.74, 6) is -0.596. The first-order valence-corrected chi connectivity index (χ1v) is 8.42. The Bertz CT molecular complexity index is 474. The molecule has 108 valence electrons. The van der Waals surface area contributed by atoms with Crippen LogP contribution >= 0.6 is 21.6 Å². The SMILES string of the molecule is O=C(O)CCSSC1=CCN(N2C(=O)CCC2=O)C=C1. The van der Waals surface area contributed by atoms with Gasteiger partial charge in [-0.25, -0.2) is 0 Å². The molecule has 2 heterocycles. The molecule has 2 aliphatic heterocycles. The average Bonchev–Trinajstić information content (AvgIpc) is 2.75. The van der Waals surface area contributed by atoms with Gasteiger partial charge in [0.2, 0.25) is 11.8 Å². The number of imide groups is 1. The number of aliphatic carboxylic acids is 1. The lowest BCUT2D eigenvalue weighted by Crippen LogP contribution is -2.43. The summed E-state index contributed by atoms with van der Waals surface area (Å²) in [5.41, 5.74) is 0. The van der Waals surface area contributed by atoms with Crippen molar-refractivity contribution in [3.05, 3.63) is 23.3 Å². The molecule has 8 heteroatoms. The van der Waals surface area contributed by atoms with Crippen LogP contribution in [0.15, 0.2) is 23.3 Å². The number of allylic oxidation sites excluding steroid dienone is 1. The highest BCUT2D eigenvalue weighted by Crippen LogP contribution is 2.33. The van der Waals surface area contributed by atoms with E-state index in [-0.39, 0.29) is 31.1 Å². The van der Waals surface area contributed by atoms with Gasteiger partial charge in [-0.15, -0.1) is 0 Å². The highest BCUT2D eigenvalue weighted by Gasteiger charge is 2.32. The summed E-state index contributed by atoms with van der Waals surface area (Å²) in [6.07, 6.45) is 6.13. The molecule has 0 atom stereocenters. The minimum Gasteiger partial charge on any atom is -0.481 e. The molecule has 2 rings (SSSR count). The number of rotatable bonds is 6. The first-order valence-electron chi connectivity index (χ1n) is 6.10. The van der Waals surface area contributed by atoms with Gasteiger partial charge in [-0.1, -0.05) is 21.6 Å². The Morgan fingerprint density at radius 1 is 1.30 bits per heavy atom. The van der Waals surface area contributed by atoms with Crippen molar-refractivity contribution in [1.29, 1.82) is 0 Å². The van der Waals surface area contributed by atoms with Crippen molar-refractivity contribution < 1.29 is 19.5 Å². The van der Waals surface area contributed by atoms with Gasteiger partial charge in [0.05, 0.1) is 13.0 Å². The third kappa shape index (κ3) is 3.80. The first-order chi connectivity index (χ1) is 9.58. The predicted octanol–water partition coefficient (Wildman–Crippen LogP) is 1.62. The number of hydrogen-bond donors (Lipinski definition) is 1. The summed E-state index contributed by atoms with van der Waals surface area (Å²) in [5, 5.41) is 11.3. The minimum absolute atomic E-state index is 0.136. The van der Waals surface area contributed by atoms with E-state index in [9.17, 15) is 14.4 Å².